The number of hydrogen-bond acceptors (Lipinski definition) is 2. The minimum atomic E-state index is 0. The molecule has 3 saturated heterocycles. The van der Waals surface area contributed by atoms with E-state index in [9.17, 15) is 0 Å². The zero-order valence-corrected chi connectivity index (χ0v) is 22.8. The molecule has 0 aromatic rings. The molecule has 204 valence electrons. The predicted molar refractivity (Wildman–Crippen MR) is 136 cm³/mol. The van der Waals surface area contributed by atoms with Gasteiger partial charge in [0.25, 0.3) is 0 Å². The topological polar surface area (TPSA) is 62.9 Å². The first-order chi connectivity index (χ1) is 15.8. The number of rotatable bonds is 11. The summed E-state index contributed by atoms with van der Waals surface area (Å²) in [6, 6.07) is 1.95. The second-order valence-corrected chi connectivity index (χ2v) is 10.4. The van der Waals surface area contributed by atoms with Crippen molar-refractivity contribution in [1.82, 2.24) is 9.80 Å². The average Bonchev–Trinajstić information content (AvgIpc) is 2.85. The molecule has 6 nitrogen and oxygen atoms in total. The Balaban J connectivity index is 0.00000204. The molecule has 8 heteroatoms. The molecule has 0 saturated carbocycles. The van der Waals surface area contributed by atoms with Crippen LogP contribution in [-0.2, 0) is 34.1 Å². The molecule has 4 unspecified atom stereocenters. The van der Waals surface area contributed by atoms with Crippen molar-refractivity contribution in [2.75, 3.05) is 65.4 Å². The van der Waals surface area contributed by atoms with Crippen molar-refractivity contribution in [3.8, 4) is 0 Å². The van der Waals surface area contributed by atoms with E-state index in [1.807, 2.05) is 0 Å². The predicted octanol–water partition coefficient (Wildman–Crippen LogP) is 5.07. The van der Waals surface area contributed by atoms with Gasteiger partial charge < -0.3 is 31.1 Å². The fraction of sp³-hybridized carbons (Fsp3) is 0.923. The second-order valence-electron chi connectivity index (χ2n) is 10.4. The molecule has 4 atom stereocenters. The van der Waals surface area contributed by atoms with Gasteiger partial charge in [-0.1, -0.05) is 70.3 Å². The van der Waals surface area contributed by atoms with Gasteiger partial charge in [-0.05, 0) is 26.2 Å². The number of hydrogen-bond donors (Lipinski definition) is 0. The largest absolute Gasteiger partial charge is 1.00 e. The van der Waals surface area contributed by atoms with Gasteiger partial charge in [0.1, 0.15) is 0 Å². The Morgan fingerprint density at radius 3 is 1.41 bits per heavy atom. The third-order valence-electron chi connectivity index (χ3n) is 7.60. The first-order valence-electron chi connectivity index (χ1n) is 13.6. The van der Waals surface area contributed by atoms with Crippen LogP contribution in [0.25, 0.3) is 21.3 Å². The van der Waals surface area contributed by atoms with Crippen molar-refractivity contribution >= 4 is 0 Å². The molecule has 0 radical (unpaired) electrons. The van der Waals surface area contributed by atoms with E-state index in [1.165, 1.54) is 57.8 Å². The molecule has 4 aliphatic rings. The van der Waals surface area contributed by atoms with Crippen molar-refractivity contribution in [2.24, 2.45) is 0 Å². The summed E-state index contributed by atoms with van der Waals surface area (Å²) in [4.78, 5) is 5.38. The van der Waals surface area contributed by atoms with Gasteiger partial charge in [-0.15, -0.1) is 56.4 Å². The fourth-order valence-electron chi connectivity index (χ4n) is 5.72. The Morgan fingerprint density at radius 1 is 0.559 bits per heavy atom. The maximum Gasteiger partial charge on any atom is 1.00 e. The molecule has 0 N–H and O–H groups in total. The van der Waals surface area contributed by atoms with Crippen LogP contribution in [0.3, 0.4) is 0 Å². The number of nitrogens with zero attached hydrogens (tertiary/aromatic N) is 6. The Hall–Kier alpha value is 0.539. The standard InChI is InChI=1S/C26H46N6.2Cu/c1-5-13-27-23(9-1)19-31(20-24-10-2-6-14-28-24)17-18-32(21-25-11-3-7-15-29-25)22-26-12-4-8-16-30-26;;/h1,9,23-26H,2-8,10-22H2;;/q-4;2*+1. The molecule has 0 aromatic carbocycles. The van der Waals surface area contributed by atoms with E-state index in [2.05, 4.69) is 22.0 Å². The third-order valence-corrected chi connectivity index (χ3v) is 7.60. The quantitative estimate of drug-likeness (QED) is 0.258. The summed E-state index contributed by atoms with van der Waals surface area (Å²) in [6.45, 7) is 10.8. The van der Waals surface area contributed by atoms with Crippen molar-refractivity contribution in [3.05, 3.63) is 33.4 Å². The third kappa shape index (κ3) is 11.3. The summed E-state index contributed by atoms with van der Waals surface area (Å²) < 4.78 is 0. The zero-order valence-electron chi connectivity index (χ0n) is 20.9. The van der Waals surface area contributed by atoms with Crippen LogP contribution in [0.15, 0.2) is 12.2 Å². The molecule has 3 fully saturated rings. The first kappa shape index (κ1) is 30.8. The van der Waals surface area contributed by atoms with Crippen molar-refractivity contribution in [1.29, 1.82) is 0 Å². The maximum atomic E-state index is 4.95. The zero-order chi connectivity index (χ0) is 21.8. The van der Waals surface area contributed by atoms with Crippen molar-refractivity contribution in [2.45, 2.75) is 88.4 Å². The summed E-state index contributed by atoms with van der Waals surface area (Å²) in [5.41, 5.74) is 0. The minimum absolute atomic E-state index is 0. The van der Waals surface area contributed by atoms with Crippen LogP contribution >= 0.6 is 0 Å². The normalized spacial score (nSPS) is 30.1. The summed E-state index contributed by atoms with van der Waals surface area (Å²) in [7, 11) is 0. The second kappa shape index (κ2) is 17.9. The Kier molecular flexibility index (Phi) is 16.2. The average molecular weight is 570 g/mol. The van der Waals surface area contributed by atoms with E-state index in [0.717, 1.165) is 71.9 Å². The van der Waals surface area contributed by atoms with Gasteiger partial charge in [0, 0.05) is 13.1 Å². The van der Waals surface area contributed by atoms with E-state index in [-0.39, 0.29) is 34.1 Å². The van der Waals surface area contributed by atoms with Crippen molar-refractivity contribution in [3.63, 3.8) is 0 Å². The molecule has 4 aliphatic heterocycles. The molecular formula is C26H46Cu2N6-2. The van der Waals surface area contributed by atoms with E-state index >= 15 is 0 Å². The number of piperidine rings is 3. The van der Waals surface area contributed by atoms with Gasteiger partial charge >= 0.3 is 34.1 Å². The van der Waals surface area contributed by atoms with Crippen molar-refractivity contribution < 1.29 is 34.1 Å². The molecule has 4 heterocycles. The molecule has 0 aliphatic carbocycles. The smallest absolute Gasteiger partial charge is 0.658 e. The van der Waals surface area contributed by atoms with Crippen LogP contribution in [-0.4, -0.2) is 99.4 Å². The van der Waals surface area contributed by atoms with Gasteiger partial charge in [-0.2, -0.15) is 0 Å². The fourth-order valence-corrected chi connectivity index (χ4v) is 5.72. The maximum absolute atomic E-state index is 4.95. The van der Waals surface area contributed by atoms with E-state index in [1.54, 1.807) is 0 Å². The Labute approximate surface area is 230 Å². The Bertz CT molecular complexity index is 513. The van der Waals surface area contributed by atoms with Crippen LogP contribution < -0.4 is 0 Å². The monoisotopic (exact) mass is 568 g/mol. The molecule has 0 bridgehead atoms. The van der Waals surface area contributed by atoms with Crippen LogP contribution in [0.4, 0.5) is 0 Å². The molecule has 34 heavy (non-hydrogen) atoms. The molecule has 0 amide bonds. The van der Waals surface area contributed by atoms with Gasteiger partial charge in [0.05, 0.1) is 0 Å². The van der Waals surface area contributed by atoms with Crippen LogP contribution in [0.1, 0.15) is 64.2 Å². The van der Waals surface area contributed by atoms with Gasteiger partial charge in [-0.3, -0.25) is 0 Å². The summed E-state index contributed by atoms with van der Waals surface area (Å²) >= 11 is 0. The molecule has 4 rings (SSSR count). The van der Waals surface area contributed by atoms with E-state index in [4.69, 9.17) is 21.3 Å². The van der Waals surface area contributed by atoms with Crippen LogP contribution in [0.5, 0.6) is 0 Å². The molecule has 0 aromatic heterocycles. The van der Waals surface area contributed by atoms with Crippen LogP contribution in [0, 0.1) is 0 Å². The van der Waals surface area contributed by atoms with Gasteiger partial charge in [-0.25, -0.2) is 0 Å². The Morgan fingerprint density at radius 2 is 1.03 bits per heavy atom. The first-order valence-corrected chi connectivity index (χ1v) is 13.6. The summed E-state index contributed by atoms with van der Waals surface area (Å²) in [5, 5.41) is 19.7. The van der Waals surface area contributed by atoms with E-state index in [0.29, 0.717) is 24.2 Å². The minimum Gasteiger partial charge on any atom is -0.658 e. The van der Waals surface area contributed by atoms with E-state index < -0.39 is 0 Å². The van der Waals surface area contributed by atoms with Gasteiger partial charge in [0.15, 0.2) is 0 Å². The SMILES string of the molecule is C1=CC(CN(CCN(CC2CCCC[N-]2)CC2CCCC[N-]2)CC2CCCC[N-]2)[N-]CC1.[Cu+].[Cu+]. The summed E-state index contributed by atoms with van der Waals surface area (Å²) in [6.07, 6.45) is 17.4. The summed E-state index contributed by atoms with van der Waals surface area (Å²) in [5.74, 6) is 0. The van der Waals surface area contributed by atoms with Gasteiger partial charge in [0.2, 0.25) is 0 Å². The van der Waals surface area contributed by atoms with Crippen LogP contribution in [0.2, 0.25) is 0 Å². The molecule has 0 spiro atoms. The molecular weight excluding hydrogens is 523 g/mol.